The highest BCUT2D eigenvalue weighted by molar-refractivity contribution is 6.25. The summed E-state index contributed by atoms with van der Waals surface area (Å²) in [7, 11) is 0. The summed E-state index contributed by atoms with van der Waals surface area (Å²) in [6.45, 7) is 10.4. The molecule has 3 aromatic carbocycles. The summed E-state index contributed by atoms with van der Waals surface area (Å²) >= 11 is 0. The van der Waals surface area contributed by atoms with Gasteiger partial charge in [0.05, 0.1) is 5.56 Å². The third-order valence-corrected chi connectivity index (χ3v) is 11.5. The Bertz CT molecular complexity index is 1930. The monoisotopic (exact) mass is 662 g/mol. The van der Waals surface area contributed by atoms with Crippen molar-refractivity contribution in [2.45, 2.75) is 85.7 Å². The number of aromatic hydroxyl groups is 1. The molecule has 0 amide bonds. The number of benzene rings is 3. The van der Waals surface area contributed by atoms with Crippen LogP contribution in [0.25, 0.3) is 11.1 Å². The van der Waals surface area contributed by atoms with Crippen molar-refractivity contribution in [1.82, 2.24) is 0 Å². The summed E-state index contributed by atoms with van der Waals surface area (Å²) < 4.78 is 0. The molecule has 0 aliphatic heterocycles. The number of hydrogen-bond acceptors (Lipinski definition) is 7. The van der Waals surface area contributed by atoms with Gasteiger partial charge in [-0.2, -0.15) is 0 Å². The number of carbonyl (C=O) groups is 3. The van der Waals surface area contributed by atoms with E-state index >= 15 is 0 Å². The zero-order chi connectivity index (χ0) is 35.6. The van der Waals surface area contributed by atoms with Gasteiger partial charge in [0.1, 0.15) is 22.8 Å². The minimum atomic E-state index is -2.63. The molecule has 0 spiro atoms. The van der Waals surface area contributed by atoms with Crippen molar-refractivity contribution in [2.75, 3.05) is 0 Å². The van der Waals surface area contributed by atoms with Crippen molar-refractivity contribution in [3.8, 4) is 16.9 Å². The highest BCUT2D eigenvalue weighted by Gasteiger charge is 2.71. The lowest BCUT2D eigenvalue weighted by Gasteiger charge is -2.59. The maximum Gasteiger partial charge on any atom is 0.209 e. The van der Waals surface area contributed by atoms with E-state index in [4.69, 9.17) is 0 Å². The van der Waals surface area contributed by atoms with Gasteiger partial charge in [-0.3, -0.25) is 14.4 Å². The smallest absolute Gasteiger partial charge is 0.209 e. The Labute approximate surface area is 288 Å². The van der Waals surface area contributed by atoms with Crippen LogP contribution in [0.3, 0.4) is 0 Å². The minimum Gasteiger partial charge on any atom is -0.511 e. The van der Waals surface area contributed by atoms with E-state index in [9.17, 15) is 34.8 Å². The number of fused-ring (bicyclic) bond motifs is 3. The zero-order valence-corrected chi connectivity index (χ0v) is 29.2. The topological polar surface area (TPSA) is 132 Å². The largest absolute Gasteiger partial charge is 0.511 e. The Morgan fingerprint density at radius 2 is 1.45 bits per heavy atom. The molecule has 0 bridgehead atoms. The summed E-state index contributed by atoms with van der Waals surface area (Å²) in [6.07, 6.45) is 4.22. The highest BCUT2D eigenvalue weighted by Crippen LogP contribution is 2.65. The second kappa shape index (κ2) is 12.1. The van der Waals surface area contributed by atoms with Gasteiger partial charge in [0.25, 0.3) is 0 Å². The molecule has 0 radical (unpaired) electrons. The second-order valence-electron chi connectivity index (χ2n) is 15.2. The molecular formula is C42H46O7. The predicted octanol–water partition coefficient (Wildman–Crippen LogP) is 7.75. The van der Waals surface area contributed by atoms with Gasteiger partial charge in [0, 0.05) is 22.3 Å². The molecule has 4 atom stereocenters. The molecule has 6 rings (SSSR count). The van der Waals surface area contributed by atoms with Crippen LogP contribution in [0.4, 0.5) is 0 Å². The first-order chi connectivity index (χ1) is 23.1. The van der Waals surface area contributed by atoms with Gasteiger partial charge in [-0.25, -0.2) is 0 Å². The van der Waals surface area contributed by atoms with Gasteiger partial charge < -0.3 is 20.4 Å². The number of aliphatic hydroxyl groups excluding tert-OH is 2. The number of aliphatic hydroxyl groups is 3. The molecule has 7 nitrogen and oxygen atoms in total. The Morgan fingerprint density at radius 3 is 2.00 bits per heavy atom. The average molecular weight is 663 g/mol. The molecule has 3 aliphatic carbocycles. The van der Waals surface area contributed by atoms with Crippen LogP contribution in [0.5, 0.6) is 5.75 Å². The van der Waals surface area contributed by atoms with E-state index in [1.165, 1.54) is 22.8 Å². The summed E-state index contributed by atoms with van der Waals surface area (Å²) in [5, 5.41) is 46.6. The lowest BCUT2D eigenvalue weighted by Crippen LogP contribution is -2.67. The van der Waals surface area contributed by atoms with Crippen molar-refractivity contribution < 1.29 is 34.8 Å². The Balaban J connectivity index is 1.37. The number of phenolic OH excluding ortho intramolecular Hbond substituents is 1. The first kappa shape index (κ1) is 34.4. The fourth-order valence-electron chi connectivity index (χ4n) is 9.29. The zero-order valence-electron chi connectivity index (χ0n) is 29.2. The van der Waals surface area contributed by atoms with Crippen LogP contribution in [0.15, 0.2) is 83.3 Å². The van der Waals surface area contributed by atoms with Crippen molar-refractivity contribution in [1.29, 1.82) is 0 Å². The minimum absolute atomic E-state index is 0.0238. The number of rotatable bonds is 8. The quantitative estimate of drug-likeness (QED) is 0.181. The van der Waals surface area contributed by atoms with E-state index in [0.717, 1.165) is 43.7 Å². The van der Waals surface area contributed by atoms with E-state index in [-0.39, 0.29) is 35.6 Å². The van der Waals surface area contributed by atoms with Crippen LogP contribution in [-0.4, -0.2) is 43.4 Å². The summed E-state index contributed by atoms with van der Waals surface area (Å²) in [4.78, 5) is 40.9. The van der Waals surface area contributed by atoms with Gasteiger partial charge >= 0.3 is 0 Å². The normalized spacial score (nSPS) is 26.5. The lowest BCUT2D eigenvalue weighted by atomic mass is 9.44. The van der Waals surface area contributed by atoms with Gasteiger partial charge in [0.15, 0.2) is 17.2 Å². The molecule has 0 fully saturated rings. The standard InChI is InChI=1S/C42H46O7/c1-7-25-11-13-26(14-12-25)9-8-10-27-15-17-28(18-16-27)29-19-20-31(44)33-30(29)21-40(5)22-41(6)34(23(2)3)36(45)32(24(4)43)38(47)42(41,49)39(48)35(40)37(33)46/h11-20,23,34,44-45,48-49H,7-10,21-22H2,1-6H3/t34?,40-,41-,42+/m1/s1. The van der Waals surface area contributed by atoms with E-state index in [2.05, 4.69) is 43.3 Å². The molecule has 4 N–H and O–H groups in total. The predicted molar refractivity (Wildman–Crippen MR) is 189 cm³/mol. The van der Waals surface area contributed by atoms with E-state index in [1.807, 2.05) is 32.9 Å². The van der Waals surface area contributed by atoms with Crippen LogP contribution in [-0.2, 0) is 35.3 Å². The highest BCUT2D eigenvalue weighted by atomic mass is 16.3. The first-order valence-electron chi connectivity index (χ1n) is 17.3. The van der Waals surface area contributed by atoms with Crippen LogP contribution in [0.2, 0.25) is 0 Å². The molecular weight excluding hydrogens is 616 g/mol. The van der Waals surface area contributed by atoms with Gasteiger partial charge in [0.2, 0.25) is 5.78 Å². The summed E-state index contributed by atoms with van der Waals surface area (Å²) in [6, 6.07) is 20.2. The molecule has 256 valence electrons. The molecule has 0 aromatic heterocycles. The number of phenols is 1. The van der Waals surface area contributed by atoms with Crippen molar-refractivity contribution >= 4 is 17.3 Å². The third kappa shape index (κ3) is 5.16. The fraction of sp³-hybridized carbons (Fsp3) is 0.405. The van der Waals surface area contributed by atoms with Crippen molar-refractivity contribution in [3.05, 3.63) is 111 Å². The molecule has 0 saturated carbocycles. The molecule has 0 heterocycles. The molecule has 0 saturated heterocycles. The molecule has 49 heavy (non-hydrogen) atoms. The number of hydrogen-bond donors (Lipinski definition) is 4. The Morgan fingerprint density at radius 1 is 0.878 bits per heavy atom. The van der Waals surface area contributed by atoms with Crippen LogP contribution in [0, 0.1) is 22.7 Å². The molecule has 7 heteroatoms. The fourth-order valence-corrected chi connectivity index (χ4v) is 9.29. The van der Waals surface area contributed by atoms with Crippen molar-refractivity contribution in [3.63, 3.8) is 0 Å². The van der Waals surface area contributed by atoms with Gasteiger partial charge in [-0.15, -0.1) is 0 Å². The maximum atomic E-state index is 14.4. The number of Topliss-reactive ketones (excluding diaryl/α,β-unsaturated/α-hetero) is 3. The van der Waals surface area contributed by atoms with Crippen LogP contribution in [0.1, 0.15) is 87.0 Å². The number of ketones is 3. The number of allylic oxidation sites excluding steroid dienone is 2. The van der Waals surface area contributed by atoms with Crippen LogP contribution >= 0.6 is 0 Å². The summed E-state index contributed by atoms with van der Waals surface area (Å²) in [5.41, 5.74) is 0.273. The Kier molecular flexibility index (Phi) is 8.51. The average Bonchev–Trinajstić information content (AvgIpc) is 3.03. The first-order valence-corrected chi connectivity index (χ1v) is 17.3. The maximum absolute atomic E-state index is 14.4. The SMILES string of the molecule is CCc1ccc(CCCc2ccc(-c3ccc(O)c4c3C[C@]3(C)C[C@]5(C)C(C(C)C)C(O)=C(C(C)=O)C(=O)[C@]5(O)C(O)=C3C4=O)cc2)cc1. The van der Waals surface area contributed by atoms with E-state index in [0.29, 0.717) is 5.56 Å². The molecule has 3 aliphatic rings. The molecule has 1 unspecified atom stereocenters. The second-order valence-corrected chi connectivity index (χ2v) is 15.2. The van der Waals surface area contributed by atoms with E-state index < -0.39 is 56.8 Å². The summed E-state index contributed by atoms with van der Waals surface area (Å²) in [5.74, 6) is -5.17. The van der Waals surface area contributed by atoms with Crippen molar-refractivity contribution in [2.24, 2.45) is 22.7 Å². The number of aryl methyl sites for hydroxylation is 3. The lowest BCUT2D eigenvalue weighted by molar-refractivity contribution is -0.171. The van der Waals surface area contributed by atoms with Crippen LogP contribution < -0.4 is 0 Å². The Hall–Kier alpha value is -4.49. The third-order valence-electron chi connectivity index (χ3n) is 11.5. The number of carbonyl (C=O) groups excluding carboxylic acids is 3. The van der Waals surface area contributed by atoms with E-state index in [1.54, 1.807) is 13.0 Å². The van der Waals surface area contributed by atoms with Gasteiger partial charge in [-0.05, 0) is 90.8 Å². The molecule has 3 aromatic rings. The van der Waals surface area contributed by atoms with Gasteiger partial charge in [-0.1, -0.05) is 89.2 Å².